The Balaban J connectivity index is 2.15. The average molecular weight is 229 g/mol. The Hall–Kier alpha value is -0.610. The minimum atomic E-state index is -0.523. The van der Waals surface area contributed by atoms with Gasteiger partial charge in [-0.1, -0.05) is 13.0 Å². The van der Waals surface area contributed by atoms with Crippen LogP contribution in [0.4, 0.5) is 8.78 Å². The zero-order valence-electron chi connectivity index (χ0n) is 8.47. The summed E-state index contributed by atoms with van der Waals surface area (Å²) in [7, 11) is 0. The second-order valence-corrected chi connectivity index (χ2v) is 5.03. The molecular formula is C11H13F2NS. The molecule has 1 aliphatic heterocycles. The van der Waals surface area contributed by atoms with E-state index < -0.39 is 11.6 Å². The smallest absolute Gasteiger partial charge is 0.131 e. The van der Waals surface area contributed by atoms with E-state index in [4.69, 9.17) is 0 Å². The largest absolute Gasteiger partial charge is 0.301 e. The Morgan fingerprint density at radius 3 is 2.80 bits per heavy atom. The van der Waals surface area contributed by atoms with E-state index in [-0.39, 0.29) is 5.37 Å². The number of thioether (sulfide) groups is 1. The molecule has 1 aliphatic rings. The standard InChI is InChI=1S/C11H13F2NS/c1-7-5-14-11(15-6-7)9-3-2-8(12)4-10(9)13/h2-4,7,11,14H,5-6H2,1H3. The summed E-state index contributed by atoms with van der Waals surface area (Å²) in [6, 6.07) is 3.76. The molecule has 0 aromatic heterocycles. The van der Waals surface area contributed by atoms with Crippen molar-refractivity contribution in [2.45, 2.75) is 12.3 Å². The van der Waals surface area contributed by atoms with Gasteiger partial charge in [0, 0.05) is 11.6 Å². The zero-order valence-corrected chi connectivity index (χ0v) is 9.28. The lowest BCUT2D eigenvalue weighted by Crippen LogP contribution is -2.31. The summed E-state index contributed by atoms with van der Waals surface area (Å²) >= 11 is 1.67. The molecule has 0 spiro atoms. The van der Waals surface area contributed by atoms with Crippen LogP contribution < -0.4 is 5.32 Å². The molecule has 82 valence electrons. The van der Waals surface area contributed by atoms with E-state index in [9.17, 15) is 8.78 Å². The van der Waals surface area contributed by atoms with Crippen LogP contribution in [0.15, 0.2) is 18.2 Å². The predicted molar refractivity (Wildman–Crippen MR) is 58.7 cm³/mol. The molecule has 1 heterocycles. The highest BCUT2D eigenvalue weighted by Crippen LogP contribution is 2.32. The van der Waals surface area contributed by atoms with E-state index >= 15 is 0 Å². The molecule has 2 rings (SSSR count). The summed E-state index contributed by atoms with van der Waals surface area (Å²) in [6.45, 7) is 3.03. The Kier molecular flexibility index (Phi) is 3.26. The normalized spacial score (nSPS) is 26.6. The van der Waals surface area contributed by atoms with E-state index in [0.717, 1.165) is 18.4 Å². The van der Waals surface area contributed by atoms with Gasteiger partial charge in [0.05, 0.1) is 5.37 Å². The minimum absolute atomic E-state index is 0.0400. The molecule has 0 saturated carbocycles. The fourth-order valence-corrected chi connectivity index (χ4v) is 2.82. The van der Waals surface area contributed by atoms with Crippen molar-refractivity contribution in [1.29, 1.82) is 0 Å². The second kappa shape index (κ2) is 4.49. The fraction of sp³-hybridized carbons (Fsp3) is 0.455. The van der Waals surface area contributed by atoms with E-state index in [0.29, 0.717) is 11.5 Å². The Bertz CT molecular complexity index is 348. The number of halogens is 2. The second-order valence-electron chi connectivity index (χ2n) is 3.89. The molecule has 4 heteroatoms. The molecule has 1 nitrogen and oxygen atoms in total. The molecule has 1 saturated heterocycles. The van der Waals surface area contributed by atoms with Gasteiger partial charge in [0.15, 0.2) is 0 Å². The van der Waals surface area contributed by atoms with E-state index in [1.807, 2.05) is 0 Å². The van der Waals surface area contributed by atoms with Crippen LogP contribution in [0.5, 0.6) is 0 Å². The van der Waals surface area contributed by atoms with Crippen molar-refractivity contribution in [3.8, 4) is 0 Å². The van der Waals surface area contributed by atoms with Gasteiger partial charge < -0.3 is 5.32 Å². The molecule has 2 unspecified atom stereocenters. The Labute approximate surface area is 92.3 Å². The summed E-state index contributed by atoms with van der Waals surface area (Å²) in [5.41, 5.74) is 0.549. The van der Waals surface area contributed by atoms with Crippen LogP contribution in [-0.4, -0.2) is 12.3 Å². The van der Waals surface area contributed by atoms with Gasteiger partial charge >= 0.3 is 0 Å². The first kappa shape index (κ1) is 10.9. The maximum absolute atomic E-state index is 13.4. The van der Waals surface area contributed by atoms with Crippen LogP contribution in [-0.2, 0) is 0 Å². The van der Waals surface area contributed by atoms with Crippen LogP contribution in [0.3, 0.4) is 0 Å². The van der Waals surface area contributed by atoms with Gasteiger partial charge in [-0.25, -0.2) is 8.78 Å². The molecule has 1 aromatic carbocycles. The maximum Gasteiger partial charge on any atom is 0.131 e. The minimum Gasteiger partial charge on any atom is -0.301 e. The van der Waals surface area contributed by atoms with Crippen LogP contribution in [0.25, 0.3) is 0 Å². The maximum atomic E-state index is 13.4. The summed E-state index contributed by atoms with van der Waals surface area (Å²) in [4.78, 5) is 0. The highest BCUT2D eigenvalue weighted by Gasteiger charge is 2.21. The van der Waals surface area contributed by atoms with Crippen LogP contribution >= 0.6 is 11.8 Å². The van der Waals surface area contributed by atoms with Gasteiger partial charge in [-0.2, -0.15) is 0 Å². The van der Waals surface area contributed by atoms with Gasteiger partial charge in [-0.15, -0.1) is 11.8 Å². The number of nitrogens with one attached hydrogen (secondary N) is 1. The number of hydrogen-bond acceptors (Lipinski definition) is 2. The van der Waals surface area contributed by atoms with Crippen LogP contribution in [0.1, 0.15) is 17.9 Å². The van der Waals surface area contributed by atoms with E-state index in [2.05, 4.69) is 12.2 Å². The van der Waals surface area contributed by atoms with Crippen LogP contribution in [0.2, 0.25) is 0 Å². The molecule has 0 radical (unpaired) electrons. The van der Waals surface area contributed by atoms with Crippen molar-refractivity contribution in [1.82, 2.24) is 5.32 Å². The van der Waals surface area contributed by atoms with Crippen LogP contribution in [0, 0.1) is 17.6 Å². The molecular weight excluding hydrogens is 216 g/mol. The Morgan fingerprint density at radius 2 is 2.20 bits per heavy atom. The fourth-order valence-electron chi connectivity index (χ4n) is 1.60. The van der Waals surface area contributed by atoms with Gasteiger partial charge in [-0.05, 0) is 24.3 Å². The number of benzene rings is 1. The number of hydrogen-bond donors (Lipinski definition) is 1. The molecule has 0 amide bonds. The summed E-state index contributed by atoms with van der Waals surface area (Å²) in [5.74, 6) is 0.629. The lowest BCUT2D eigenvalue weighted by atomic mass is 10.1. The van der Waals surface area contributed by atoms with E-state index in [1.54, 1.807) is 11.8 Å². The first-order valence-corrected chi connectivity index (χ1v) is 6.01. The zero-order chi connectivity index (χ0) is 10.8. The van der Waals surface area contributed by atoms with Crippen molar-refractivity contribution in [2.24, 2.45) is 5.92 Å². The van der Waals surface area contributed by atoms with Gasteiger partial charge in [-0.3, -0.25) is 0 Å². The molecule has 1 N–H and O–H groups in total. The summed E-state index contributed by atoms with van der Waals surface area (Å²) in [6.07, 6.45) is 0. The quantitative estimate of drug-likeness (QED) is 0.794. The molecule has 0 aliphatic carbocycles. The average Bonchev–Trinajstić information content (AvgIpc) is 2.20. The first-order valence-electron chi connectivity index (χ1n) is 4.97. The lowest BCUT2D eigenvalue weighted by molar-refractivity contribution is 0.508. The van der Waals surface area contributed by atoms with Gasteiger partial charge in [0.2, 0.25) is 0 Å². The molecule has 0 bridgehead atoms. The SMILES string of the molecule is CC1CNC(c2ccc(F)cc2F)SC1. The van der Waals surface area contributed by atoms with Crippen molar-refractivity contribution in [3.63, 3.8) is 0 Å². The number of rotatable bonds is 1. The van der Waals surface area contributed by atoms with Crippen molar-refractivity contribution in [2.75, 3.05) is 12.3 Å². The highest BCUT2D eigenvalue weighted by molar-refractivity contribution is 7.99. The summed E-state index contributed by atoms with van der Waals surface area (Å²) < 4.78 is 26.1. The van der Waals surface area contributed by atoms with Crippen molar-refractivity contribution >= 4 is 11.8 Å². The molecule has 1 fully saturated rings. The predicted octanol–water partition coefficient (Wildman–Crippen LogP) is 2.94. The lowest BCUT2D eigenvalue weighted by Gasteiger charge is -2.27. The molecule has 2 atom stereocenters. The van der Waals surface area contributed by atoms with Crippen molar-refractivity contribution in [3.05, 3.63) is 35.4 Å². The Morgan fingerprint density at radius 1 is 1.40 bits per heavy atom. The van der Waals surface area contributed by atoms with Gasteiger partial charge in [0.25, 0.3) is 0 Å². The van der Waals surface area contributed by atoms with Gasteiger partial charge in [0.1, 0.15) is 11.6 Å². The summed E-state index contributed by atoms with van der Waals surface area (Å²) in [5, 5.41) is 3.21. The third-order valence-electron chi connectivity index (χ3n) is 2.44. The molecule has 15 heavy (non-hydrogen) atoms. The van der Waals surface area contributed by atoms with Crippen molar-refractivity contribution < 1.29 is 8.78 Å². The topological polar surface area (TPSA) is 12.0 Å². The van der Waals surface area contributed by atoms with E-state index in [1.165, 1.54) is 12.1 Å². The first-order chi connectivity index (χ1) is 7.16. The third-order valence-corrected chi connectivity index (χ3v) is 3.96. The third kappa shape index (κ3) is 2.49. The molecule has 1 aromatic rings. The monoisotopic (exact) mass is 229 g/mol. The highest BCUT2D eigenvalue weighted by atomic mass is 32.2.